The zero-order chi connectivity index (χ0) is 15.3. The molecule has 2 N–H and O–H groups in total. The van der Waals surface area contributed by atoms with Gasteiger partial charge in [0.05, 0.1) is 12.9 Å². The van der Waals surface area contributed by atoms with E-state index in [0.717, 1.165) is 42.6 Å². The maximum atomic E-state index is 11.0. The highest BCUT2D eigenvalue weighted by atomic mass is 79.9. The molecule has 1 aliphatic heterocycles. The molecule has 0 saturated carbocycles. The van der Waals surface area contributed by atoms with Crippen molar-refractivity contribution in [1.29, 1.82) is 0 Å². The number of sulfonamides is 1. The van der Waals surface area contributed by atoms with Crippen molar-refractivity contribution in [2.24, 2.45) is 0 Å². The van der Waals surface area contributed by atoms with Crippen molar-refractivity contribution in [1.82, 2.24) is 10.0 Å². The Morgan fingerprint density at radius 3 is 2.95 bits per heavy atom. The van der Waals surface area contributed by atoms with Crippen molar-refractivity contribution in [2.45, 2.75) is 25.3 Å². The van der Waals surface area contributed by atoms with E-state index >= 15 is 0 Å². The number of benzene rings is 1. The fourth-order valence-electron chi connectivity index (χ4n) is 2.38. The van der Waals surface area contributed by atoms with Crippen LogP contribution in [-0.4, -0.2) is 34.4 Å². The molecule has 0 bridgehead atoms. The molecule has 1 unspecified atom stereocenters. The summed E-state index contributed by atoms with van der Waals surface area (Å²) in [6, 6.07) is 6.36. The molecular weight excluding hydrogens is 356 g/mol. The van der Waals surface area contributed by atoms with E-state index in [1.807, 2.05) is 12.1 Å². The number of fused-ring (bicyclic) bond motifs is 1. The van der Waals surface area contributed by atoms with Gasteiger partial charge >= 0.3 is 0 Å². The highest BCUT2D eigenvalue weighted by Gasteiger charge is 2.19. The number of rotatable bonds is 6. The predicted octanol–water partition coefficient (Wildman–Crippen LogP) is 2.19. The summed E-state index contributed by atoms with van der Waals surface area (Å²) >= 11 is 3.46. The van der Waals surface area contributed by atoms with Gasteiger partial charge in [-0.05, 0) is 37.9 Å². The summed E-state index contributed by atoms with van der Waals surface area (Å²) < 4.78 is 31.3. The summed E-state index contributed by atoms with van der Waals surface area (Å²) in [4.78, 5) is 0. The topological polar surface area (TPSA) is 67.4 Å². The van der Waals surface area contributed by atoms with Gasteiger partial charge in [0, 0.05) is 22.6 Å². The Hall–Kier alpha value is -0.630. The van der Waals surface area contributed by atoms with Crippen molar-refractivity contribution < 1.29 is 13.2 Å². The van der Waals surface area contributed by atoms with E-state index < -0.39 is 10.0 Å². The normalized spacial score (nSPS) is 18.7. The number of ether oxygens (including phenoxy) is 1. The minimum absolute atomic E-state index is 0.258. The lowest BCUT2D eigenvalue weighted by Crippen LogP contribution is -2.28. The van der Waals surface area contributed by atoms with Gasteiger partial charge < -0.3 is 10.1 Å². The van der Waals surface area contributed by atoms with Crippen molar-refractivity contribution in [2.75, 3.05) is 26.0 Å². The molecule has 0 aliphatic carbocycles. The molecule has 1 aromatic rings. The summed E-state index contributed by atoms with van der Waals surface area (Å²) in [5.41, 5.74) is 1.17. The van der Waals surface area contributed by atoms with Gasteiger partial charge in [-0.3, -0.25) is 0 Å². The standard InChI is InChI=1S/C14H21BrN2O3S/c1-21(18,19)17-8-3-7-16-13-4-2-9-20-14-10-11(15)5-6-12(13)14/h5-6,10,13,16-17H,2-4,7-9H2,1H3. The fourth-order valence-corrected chi connectivity index (χ4v) is 3.24. The summed E-state index contributed by atoms with van der Waals surface area (Å²) in [6.45, 7) is 1.96. The van der Waals surface area contributed by atoms with Crippen LogP contribution in [0.3, 0.4) is 0 Å². The van der Waals surface area contributed by atoms with Gasteiger partial charge in [-0.2, -0.15) is 0 Å². The van der Waals surface area contributed by atoms with Crippen molar-refractivity contribution in [3.8, 4) is 5.75 Å². The Labute approximate surface area is 134 Å². The van der Waals surface area contributed by atoms with E-state index in [-0.39, 0.29) is 6.04 Å². The lowest BCUT2D eigenvalue weighted by atomic mass is 10.0. The van der Waals surface area contributed by atoms with Crippen LogP contribution in [0.4, 0.5) is 0 Å². The third-order valence-corrected chi connectivity index (χ3v) is 4.58. The smallest absolute Gasteiger partial charge is 0.208 e. The molecule has 0 saturated heterocycles. The molecule has 0 aromatic heterocycles. The molecule has 0 amide bonds. The Bertz CT molecular complexity index is 578. The van der Waals surface area contributed by atoms with Crippen molar-refractivity contribution in [3.05, 3.63) is 28.2 Å². The maximum absolute atomic E-state index is 11.0. The first-order valence-corrected chi connectivity index (χ1v) is 9.74. The lowest BCUT2D eigenvalue weighted by molar-refractivity contribution is 0.315. The average Bonchev–Trinajstić information content (AvgIpc) is 2.59. The van der Waals surface area contributed by atoms with Crippen LogP contribution in [0.1, 0.15) is 30.9 Å². The minimum Gasteiger partial charge on any atom is -0.493 e. The molecule has 7 heteroatoms. The Kier molecular flexibility index (Phi) is 6.04. The average molecular weight is 377 g/mol. The molecule has 118 valence electrons. The number of halogens is 1. The molecule has 21 heavy (non-hydrogen) atoms. The first-order valence-electron chi connectivity index (χ1n) is 7.06. The number of nitrogens with one attached hydrogen (secondary N) is 2. The van der Waals surface area contributed by atoms with E-state index in [1.54, 1.807) is 0 Å². The number of hydrogen-bond acceptors (Lipinski definition) is 4. The summed E-state index contributed by atoms with van der Waals surface area (Å²) in [7, 11) is -3.09. The molecule has 1 heterocycles. The zero-order valence-electron chi connectivity index (χ0n) is 12.1. The summed E-state index contributed by atoms with van der Waals surface area (Å²) in [5, 5.41) is 3.49. The quantitative estimate of drug-likeness (QED) is 0.746. The van der Waals surface area contributed by atoms with Crippen molar-refractivity contribution >= 4 is 26.0 Å². The van der Waals surface area contributed by atoms with Crippen LogP contribution < -0.4 is 14.8 Å². The maximum Gasteiger partial charge on any atom is 0.208 e. The second-order valence-corrected chi connectivity index (χ2v) is 7.95. The van der Waals surface area contributed by atoms with Gasteiger partial charge in [0.15, 0.2) is 0 Å². The molecule has 1 aliphatic rings. The van der Waals surface area contributed by atoms with Gasteiger partial charge in [0.2, 0.25) is 10.0 Å². The van der Waals surface area contributed by atoms with Crippen LogP contribution >= 0.6 is 15.9 Å². The van der Waals surface area contributed by atoms with E-state index in [4.69, 9.17) is 4.74 Å². The largest absolute Gasteiger partial charge is 0.493 e. The van der Waals surface area contributed by atoms with Crippen LogP contribution in [-0.2, 0) is 10.0 Å². The Balaban J connectivity index is 1.89. The summed E-state index contributed by atoms with van der Waals surface area (Å²) in [5.74, 6) is 0.925. The van der Waals surface area contributed by atoms with E-state index in [1.165, 1.54) is 11.8 Å². The van der Waals surface area contributed by atoms with Crippen molar-refractivity contribution in [3.63, 3.8) is 0 Å². The molecular formula is C14H21BrN2O3S. The molecule has 2 rings (SSSR count). The van der Waals surface area contributed by atoms with Gasteiger partial charge in [-0.15, -0.1) is 0 Å². The number of hydrogen-bond donors (Lipinski definition) is 2. The van der Waals surface area contributed by atoms with Crippen LogP contribution in [0.25, 0.3) is 0 Å². The molecule has 0 radical (unpaired) electrons. The van der Waals surface area contributed by atoms with Crippen LogP contribution in [0.15, 0.2) is 22.7 Å². The van der Waals surface area contributed by atoms with E-state index in [0.29, 0.717) is 6.54 Å². The SMILES string of the molecule is CS(=O)(=O)NCCCNC1CCCOc2cc(Br)ccc21. The van der Waals surface area contributed by atoms with Gasteiger partial charge in [-0.25, -0.2) is 13.1 Å². The Morgan fingerprint density at radius 2 is 2.19 bits per heavy atom. The van der Waals surface area contributed by atoms with E-state index in [9.17, 15) is 8.42 Å². The highest BCUT2D eigenvalue weighted by Crippen LogP contribution is 2.33. The third-order valence-electron chi connectivity index (χ3n) is 3.35. The monoisotopic (exact) mass is 376 g/mol. The zero-order valence-corrected chi connectivity index (χ0v) is 14.5. The van der Waals surface area contributed by atoms with E-state index in [2.05, 4.69) is 32.0 Å². The first kappa shape index (κ1) is 16.7. The van der Waals surface area contributed by atoms with Crippen LogP contribution in [0, 0.1) is 0 Å². The predicted molar refractivity (Wildman–Crippen MR) is 87.1 cm³/mol. The van der Waals surface area contributed by atoms with Crippen LogP contribution in [0.5, 0.6) is 5.75 Å². The minimum atomic E-state index is -3.09. The molecule has 0 fully saturated rings. The van der Waals surface area contributed by atoms with Gasteiger partial charge in [0.1, 0.15) is 5.75 Å². The highest BCUT2D eigenvalue weighted by molar-refractivity contribution is 9.10. The summed E-state index contributed by atoms with van der Waals surface area (Å²) in [6.07, 6.45) is 3.97. The Morgan fingerprint density at radius 1 is 1.38 bits per heavy atom. The van der Waals surface area contributed by atoms with Gasteiger partial charge in [0.25, 0.3) is 0 Å². The third kappa shape index (κ3) is 5.58. The lowest BCUT2D eigenvalue weighted by Gasteiger charge is -2.18. The molecule has 1 aromatic carbocycles. The molecule has 5 nitrogen and oxygen atoms in total. The first-order chi connectivity index (χ1) is 9.96. The van der Waals surface area contributed by atoms with Gasteiger partial charge in [-0.1, -0.05) is 22.0 Å². The second kappa shape index (κ2) is 7.58. The fraction of sp³-hybridized carbons (Fsp3) is 0.571. The molecule has 0 spiro atoms. The molecule has 1 atom stereocenters. The van der Waals surface area contributed by atoms with Crippen LogP contribution in [0.2, 0.25) is 0 Å². The second-order valence-electron chi connectivity index (χ2n) is 5.20.